The Hall–Kier alpha value is -2.16. The largest absolute Gasteiger partial charge is 0.339 e. The van der Waals surface area contributed by atoms with Crippen molar-refractivity contribution in [1.82, 2.24) is 4.90 Å². The number of rotatable bonds is 0. The van der Waals surface area contributed by atoms with Gasteiger partial charge in [0.1, 0.15) is 0 Å². The number of benzene rings is 1. The summed E-state index contributed by atoms with van der Waals surface area (Å²) in [7, 11) is 0. The molecule has 0 bridgehead atoms. The third kappa shape index (κ3) is 2.09. The molecule has 1 aromatic carbocycles. The molecule has 1 aliphatic heterocycles. The topological polar surface area (TPSA) is 37.4 Å². The number of hydrogen-bond acceptors (Lipinski definition) is 2. The molecule has 1 spiro atoms. The maximum Gasteiger partial charge on any atom is 0.219 e. The normalized spacial score (nSPS) is 19.9. The smallest absolute Gasteiger partial charge is 0.219 e. The minimum atomic E-state index is -0.255. The highest BCUT2D eigenvalue weighted by Gasteiger charge is 2.34. The van der Waals surface area contributed by atoms with Crippen LogP contribution in [0.3, 0.4) is 0 Å². The summed E-state index contributed by atoms with van der Waals surface area (Å²) < 4.78 is 0. The maximum atomic E-state index is 11.7. The van der Waals surface area contributed by atoms with E-state index in [9.17, 15) is 9.59 Å². The number of carbonyl (C=O) groups excluding carboxylic acids is 2. The molecule has 1 aromatic rings. The molecule has 1 heterocycles. The summed E-state index contributed by atoms with van der Waals surface area (Å²) in [6.45, 7) is 2.95. The van der Waals surface area contributed by atoms with Crippen LogP contribution in [0.4, 0.5) is 0 Å². The van der Waals surface area contributed by atoms with Crippen molar-refractivity contribution in [2.75, 3.05) is 6.54 Å². The Labute approximate surface area is 118 Å². The minimum Gasteiger partial charge on any atom is -0.339 e. The third-order valence-corrected chi connectivity index (χ3v) is 4.21. The van der Waals surface area contributed by atoms with Crippen LogP contribution in [0.15, 0.2) is 48.6 Å². The molecular weight excluding hydrogens is 250 g/mol. The SMILES string of the molecule is CC(=O)N1CCC2(C=CC(=O)C=C2)c2ccccc2C1. The third-order valence-electron chi connectivity index (χ3n) is 4.21. The van der Waals surface area contributed by atoms with Crippen LogP contribution in [-0.4, -0.2) is 23.1 Å². The number of fused-ring (bicyclic) bond motifs is 2. The van der Waals surface area contributed by atoms with E-state index in [0.29, 0.717) is 13.1 Å². The van der Waals surface area contributed by atoms with Gasteiger partial charge in [0.15, 0.2) is 5.78 Å². The quantitative estimate of drug-likeness (QED) is 0.723. The number of nitrogens with zero attached hydrogens (tertiary/aromatic N) is 1. The van der Waals surface area contributed by atoms with E-state index in [2.05, 4.69) is 12.1 Å². The van der Waals surface area contributed by atoms with Crippen LogP contribution in [0.2, 0.25) is 0 Å². The van der Waals surface area contributed by atoms with Crippen molar-refractivity contribution in [2.24, 2.45) is 0 Å². The van der Waals surface area contributed by atoms with E-state index in [-0.39, 0.29) is 17.1 Å². The van der Waals surface area contributed by atoms with Crippen LogP contribution in [-0.2, 0) is 21.5 Å². The second-order valence-corrected chi connectivity index (χ2v) is 5.46. The predicted octanol–water partition coefficient (Wildman–Crippen LogP) is 2.37. The van der Waals surface area contributed by atoms with E-state index in [1.54, 1.807) is 19.1 Å². The lowest BCUT2D eigenvalue weighted by atomic mass is 9.74. The van der Waals surface area contributed by atoms with Gasteiger partial charge in [-0.15, -0.1) is 0 Å². The van der Waals surface area contributed by atoms with Gasteiger partial charge < -0.3 is 4.90 Å². The van der Waals surface area contributed by atoms with Crippen molar-refractivity contribution in [2.45, 2.75) is 25.3 Å². The number of ketones is 1. The molecule has 3 rings (SSSR count). The van der Waals surface area contributed by atoms with Gasteiger partial charge in [0, 0.05) is 25.4 Å². The van der Waals surface area contributed by atoms with Gasteiger partial charge in [0.2, 0.25) is 5.91 Å². The van der Waals surface area contributed by atoms with Gasteiger partial charge in [0.05, 0.1) is 0 Å². The van der Waals surface area contributed by atoms with Gasteiger partial charge in [-0.2, -0.15) is 0 Å². The summed E-state index contributed by atoms with van der Waals surface area (Å²) in [5.74, 6) is 0.123. The van der Waals surface area contributed by atoms with Crippen molar-refractivity contribution in [1.29, 1.82) is 0 Å². The molecule has 0 aromatic heterocycles. The molecular formula is C17H17NO2. The molecule has 0 N–H and O–H groups in total. The number of carbonyl (C=O) groups is 2. The molecule has 1 amide bonds. The Morgan fingerprint density at radius 2 is 1.90 bits per heavy atom. The first-order chi connectivity index (χ1) is 9.61. The lowest BCUT2D eigenvalue weighted by Gasteiger charge is -2.29. The molecule has 3 nitrogen and oxygen atoms in total. The summed E-state index contributed by atoms with van der Waals surface area (Å²) in [6.07, 6.45) is 8.06. The Kier molecular flexibility index (Phi) is 3.05. The number of allylic oxidation sites excluding steroid dienone is 4. The molecule has 0 atom stereocenters. The Bertz CT molecular complexity index is 612. The first-order valence-corrected chi connectivity index (χ1v) is 6.87. The highest BCUT2D eigenvalue weighted by Crippen LogP contribution is 2.38. The van der Waals surface area contributed by atoms with E-state index < -0.39 is 0 Å². The fraction of sp³-hybridized carbons (Fsp3) is 0.294. The second-order valence-electron chi connectivity index (χ2n) is 5.46. The van der Waals surface area contributed by atoms with Crippen molar-refractivity contribution in [3.8, 4) is 0 Å². The van der Waals surface area contributed by atoms with Crippen molar-refractivity contribution in [3.05, 3.63) is 59.7 Å². The highest BCUT2D eigenvalue weighted by atomic mass is 16.2. The Morgan fingerprint density at radius 3 is 2.60 bits per heavy atom. The van der Waals surface area contributed by atoms with Crippen LogP contribution in [0.25, 0.3) is 0 Å². The van der Waals surface area contributed by atoms with Crippen LogP contribution in [0, 0.1) is 0 Å². The van der Waals surface area contributed by atoms with Crippen LogP contribution >= 0.6 is 0 Å². The number of hydrogen-bond donors (Lipinski definition) is 0. The molecule has 0 saturated carbocycles. The first kappa shape index (κ1) is 12.9. The van der Waals surface area contributed by atoms with Gasteiger partial charge in [-0.25, -0.2) is 0 Å². The van der Waals surface area contributed by atoms with Crippen molar-refractivity contribution < 1.29 is 9.59 Å². The average Bonchev–Trinajstić information content (AvgIpc) is 2.61. The molecule has 0 fully saturated rings. The molecule has 3 heteroatoms. The molecule has 2 aliphatic rings. The van der Waals surface area contributed by atoms with Crippen LogP contribution in [0.5, 0.6) is 0 Å². The fourth-order valence-corrected chi connectivity index (χ4v) is 3.04. The van der Waals surface area contributed by atoms with E-state index in [1.165, 1.54) is 5.56 Å². The highest BCUT2D eigenvalue weighted by molar-refractivity contribution is 6.00. The second kappa shape index (κ2) is 4.75. The molecule has 20 heavy (non-hydrogen) atoms. The summed E-state index contributed by atoms with van der Waals surface area (Å²) >= 11 is 0. The van der Waals surface area contributed by atoms with Crippen LogP contribution < -0.4 is 0 Å². The van der Waals surface area contributed by atoms with Crippen molar-refractivity contribution >= 4 is 11.7 Å². The maximum absolute atomic E-state index is 11.7. The van der Waals surface area contributed by atoms with Gasteiger partial charge in [-0.3, -0.25) is 9.59 Å². The van der Waals surface area contributed by atoms with Gasteiger partial charge >= 0.3 is 0 Å². The lowest BCUT2D eigenvalue weighted by molar-refractivity contribution is -0.129. The van der Waals surface area contributed by atoms with Gasteiger partial charge in [-0.05, 0) is 29.7 Å². The zero-order valence-corrected chi connectivity index (χ0v) is 11.5. The zero-order valence-electron chi connectivity index (χ0n) is 11.5. The lowest BCUT2D eigenvalue weighted by Crippen LogP contribution is -2.30. The number of amides is 1. The van der Waals surface area contributed by atoms with Crippen LogP contribution in [0.1, 0.15) is 24.5 Å². The monoisotopic (exact) mass is 267 g/mol. The summed E-state index contributed by atoms with van der Waals surface area (Å²) in [5.41, 5.74) is 2.10. The summed E-state index contributed by atoms with van der Waals surface area (Å²) in [6, 6.07) is 8.18. The fourth-order valence-electron chi connectivity index (χ4n) is 3.04. The van der Waals surface area contributed by atoms with E-state index in [4.69, 9.17) is 0 Å². The first-order valence-electron chi connectivity index (χ1n) is 6.87. The van der Waals surface area contributed by atoms with E-state index >= 15 is 0 Å². The molecule has 0 radical (unpaired) electrons. The summed E-state index contributed by atoms with van der Waals surface area (Å²) in [5, 5.41) is 0. The molecule has 1 aliphatic carbocycles. The Morgan fingerprint density at radius 1 is 1.20 bits per heavy atom. The summed E-state index contributed by atoms with van der Waals surface area (Å²) in [4.78, 5) is 25.0. The van der Waals surface area contributed by atoms with E-state index in [0.717, 1.165) is 12.0 Å². The minimum absolute atomic E-state index is 0.0285. The van der Waals surface area contributed by atoms with Gasteiger partial charge in [-0.1, -0.05) is 36.4 Å². The molecule has 0 unspecified atom stereocenters. The van der Waals surface area contributed by atoms with E-state index in [1.807, 2.05) is 29.2 Å². The predicted molar refractivity (Wildman–Crippen MR) is 77.1 cm³/mol. The average molecular weight is 267 g/mol. The molecule has 102 valence electrons. The molecule has 0 saturated heterocycles. The van der Waals surface area contributed by atoms with Crippen molar-refractivity contribution in [3.63, 3.8) is 0 Å². The zero-order chi connectivity index (χ0) is 14.2. The Balaban J connectivity index is 2.10. The van der Waals surface area contributed by atoms with Gasteiger partial charge in [0.25, 0.3) is 0 Å². The standard InChI is InChI=1S/C17H17NO2/c1-13(19)18-11-10-17(8-6-15(20)7-9-17)16-5-3-2-4-14(16)12-18/h2-9H,10-12H2,1H3.